The minimum atomic E-state index is -0.126. The Kier molecular flexibility index (Phi) is 8.92. The predicted molar refractivity (Wildman–Crippen MR) is 159 cm³/mol. The number of nitrogens with zero attached hydrogens (tertiary/aromatic N) is 3. The van der Waals surface area contributed by atoms with E-state index in [1.54, 1.807) is 12.4 Å². The molecular formula is C31H37N5OS. The first-order chi connectivity index (χ1) is 18.2. The van der Waals surface area contributed by atoms with Crippen molar-refractivity contribution in [3.63, 3.8) is 0 Å². The fraction of sp³-hybridized carbons (Fsp3) is 0.323. The molecule has 2 aromatic heterocycles. The van der Waals surface area contributed by atoms with E-state index in [9.17, 15) is 4.79 Å². The highest BCUT2D eigenvalue weighted by molar-refractivity contribution is 7.14. The van der Waals surface area contributed by atoms with E-state index in [0.29, 0.717) is 23.7 Å². The van der Waals surface area contributed by atoms with Crippen LogP contribution in [0.15, 0.2) is 72.4 Å². The van der Waals surface area contributed by atoms with Crippen LogP contribution in [-0.4, -0.2) is 38.9 Å². The summed E-state index contributed by atoms with van der Waals surface area (Å²) in [4.78, 5) is 24.4. The van der Waals surface area contributed by atoms with Crippen molar-refractivity contribution in [2.45, 2.75) is 66.1 Å². The average molecular weight is 528 g/mol. The number of pyridine rings is 1. The van der Waals surface area contributed by atoms with Crippen molar-refractivity contribution in [3.05, 3.63) is 89.1 Å². The number of hydrogen-bond acceptors (Lipinski definition) is 6. The fourth-order valence-corrected chi connectivity index (χ4v) is 5.72. The second-order valence-electron chi connectivity index (χ2n) is 10.3. The molecule has 2 heterocycles. The highest BCUT2D eigenvalue weighted by Crippen LogP contribution is 2.29. The molecule has 4 aromatic rings. The summed E-state index contributed by atoms with van der Waals surface area (Å²) in [6.45, 7) is 13.3. The number of nitrogens with one attached hydrogen (secondary N) is 2. The van der Waals surface area contributed by atoms with Gasteiger partial charge in [-0.25, -0.2) is 4.98 Å². The molecule has 0 radical (unpaired) electrons. The van der Waals surface area contributed by atoms with Gasteiger partial charge >= 0.3 is 0 Å². The Labute approximate surface area is 230 Å². The molecule has 38 heavy (non-hydrogen) atoms. The lowest BCUT2D eigenvalue weighted by molar-refractivity contribution is 0.102. The molecule has 7 heteroatoms. The Morgan fingerprint density at radius 3 is 2.39 bits per heavy atom. The number of hydrogen-bond donors (Lipinski definition) is 2. The van der Waals surface area contributed by atoms with Crippen LogP contribution in [0.5, 0.6) is 0 Å². The Morgan fingerprint density at radius 1 is 1.00 bits per heavy atom. The summed E-state index contributed by atoms with van der Waals surface area (Å²) in [5.74, 6) is -0.126. The summed E-state index contributed by atoms with van der Waals surface area (Å²) >= 11 is 1.53. The van der Waals surface area contributed by atoms with Crippen LogP contribution in [0.3, 0.4) is 0 Å². The first-order valence-electron chi connectivity index (χ1n) is 13.1. The third-order valence-electron chi connectivity index (χ3n) is 6.65. The van der Waals surface area contributed by atoms with Crippen molar-refractivity contribution in [1.82, 2.24) is 14.9 Å². The molecule has 6 nitrogen and oxygen atoms in total. The third-order valence-corrected chi connectivity index (χ3v) is 7.41. The van der Waals surface area contributed by atoms with Gasteiger partial charge in [0.15, 0.2) is 5.13 Å². The zero-order chi connectivity index (χ0) is 27.2. The predicted octanol–water partition coefficient (Wildman–Crippen LogP) is 7.56. The fourth-order valence-electron chi connectivity index (χ4n) is 4.98. The summed E-state index contributed by atoms with van der Waals surface area (Å²) in [7, 11) is 0. The Balaban J connectivity index is 1.40. The number of aryl methyl sites for hydroxylation is 1. The van der Waals surface area contributed by atoms with Crippen LogP contribution in [-0.2, 0) is 6.42 Å². The van der Waals surface area contributed by atoms with Gasteiger partial charge in [0.05, 0.1) is 5.69 Å². The van der Waals surface area contributed by atoms with E-state index >= 15 is 0 Å². The van der Waals surface area contributed by atoms with E-state index in [2.05, 4.69) is 67.3 Å². The summed E-state index contributed by atoms with van der Waals surface area (Å²) in [5, 5.41) is 9.23. The maximum atomic E-state index is 13.0. The molecule has 1 atom stereocenters. The van der Waals surface area contributed by atoms with E-state index in [0.717, 1.165) is 39.7 Å². The van der Waals surface area contributed by atoms with E-state index < -0.39 is 0 Å². The number of carbonyl (C=O) groups excluding carboxylic acids is 1. The molecule has 0 saturated carbocycles. The summed E-state index contributed by atoms with van der Waals surface area (Å²) in [6.07, 6.45) is 4.51. The monoisotopic (exact) mass is 527 g/mol. The number of benzene rings is 2. The number of carbonyl (C=O) groups is 1. The normalized spacial score (nSPS) is 12.2. The van der Waals surface area contributed by atoms with Crippen molar-refractivity contribution in [2.75, 3.05) is 10.6 Å². The van der Waals surface area contributed by atoms with Crippen LogP contribution in [0, 0.1) is 6.92 Å². The molecule has 1 amide bonds. The van der Waals surface area contributed by atoms with Gasteiger partial charge in [0, 0.05) is 58.4 Å². The highest BCUT2D eigenvalue weighted by atomic mass is 32.1. The number of anilines is 3. The lowest BCUT2D eigenvalue weighted by Gasteiger charge is -2.36. The second-order valence-corrected chi connectivity index (χ2v) is 11.1. The summed E-state index contributed by atoms with van der Waals surface area (Å²) < 4.78 is 0. The molecular weight excluding hydrogens is 490 g/mol. The third kappa shape index (κ3) is 6.85. The van der Waals surface area contributed by atoms with Crippen molar-refractivity contribution >= 4 is 33.8 Å². The number of rotatable bonds is 10. The molecule has 1 unspecified atom stereocenters. The molecule has 0 aliphatic rings. The van der Waals surface area contributed by atoms with Gasteiger partial charge in [0.2, 0.25) is 0 Å². The van der Waals surface area contributed by atoms with Gasteiger partial charge in [-0.05, 0) is 95.5 Å². The molecule has 0 bridgehead atoms. The zero-order valence-corrected chi connectivity index (χ0v) is 23.8. The SMILES string of the molecule is Cc1ccc(NC(=O)c2ccc(CC(C)N(C(C)C)C(C)C)cc2)cc1Nc1nc(-c2cccnc2)cs1. The van der Waals surface area contributed by atoms with E-state index in [4.69, 9.17) is 4.98 Å². The lowest BCUT2D eigenvalue weighted by Crippen LogP contribution is -2.44. The van der Waals surface area contributed by atoms with Gasteiger partial charge in [-0.15, -0.1) is 11.3 Å². The van der Waals surface area contributed by atoms with Gasteiger partial charge in [-0.2, -0.15) is 0 Å². The smallest absolute Gasteiger partial charge is 0.255 e. The van der Waals surface area contributed by atoms with Gasteiger partial charge in [0.25, 0.3) is 5.91 Å². The number of amides is 1. The minimum absolute atomic E-state index is 0.126. The Morgan fingerprint density at radius 2 is 1.74 bits per heavy atom. The molecule has 0 saturated heterocycles. The second kappa shape index (κ2) is 12.3. The quantitative estimate of drug-likeness (QED) is 0.223. The molecule has 0 aliphatic heterocycles. The van der Waals surface area contributed by atoms with Crippen LogP contribution < -0.4 is 10.6 Å². The van der Waals surface area contributed by atoms with Crippen molar-refractivity contribution < 1.29 is 4.79 Å². The van der Waals surface area contributed by atoms with Crippen molar-refractivity contribution in [1.29, 1.82) is 0 Å². The topological polar surface area (TPSA) is 70.2 Å². The minimum Gasteiger partial charge on any atom is -0.331 e. The molecule has 198 valence electrons. The van der Waals surface area contributed by atoms with Gasteiger partial charge in [-0.1, -0.05) is 18.2 Å². The molecule has 0 spiro atoms. The molecule has 2 N–H and O–H groups in total. The Bertz CT molecular complexity index is 1340. The van der Waals surface area contributed by atoms with Crippen LogP contribution in [0.1, 0.15) is 56.1 Å². The van der Waals surface area contributed by atoms with Gasteiger partial charge in [-0.3, -0.25) is 14.7 Å². The standard InChI is InChI=1S/C31H37N5OS/c1-20(2)36(21(3)4)23(6)16-24-10-12-25(13-11-24)30(37)33-27-14-9-22(5)28(17-27)34-31-35-29(19-38-31)26-8-7-15-32-18-26/h7-15,17-21,23H,16H2,1-6H3,(H,33,37)(H,34,35). The molecule has 4 rings (SSSR count). The first-order valence-corrected chi connectivity index (χ1v) is 14.0. The number of thiazole rings is 1. The number of aromatic nitrogens is 2. The molecule has 0 aliphatic carbocycles. The summed E-state index contributed by atoms with van der Waals surface area (Å²) in [6, 6.07) is 19.1. The zero-order valence-electron chi connectivity index (χ0n) is 23.0. The first kappa shape index (κ1) is 27.5. The highest BCUT2D eigenvalue weighted by Gasteiger charge is 2.20. The van der Waals surface area contributed by atoms with Crippen molar-refractivity contribution in [3.8, 4) is 11.3 Å². The van der Waals surface area contributed by atoms with Crippen LogP contribution >= 0.6 is 11.3 Å². The van der Waals surface area contributed by atoms with Crippen molar-refractivity contribution in [2.24, 2.45) is 0 Å². The van der Waals surface area contributed by atoms with Gasteiger partial charge in [0.1, 0.15) is 0 Å². The van der Waals surface area contributed by atoms with E-state index in [1.165, 1.54) is 16.9 Å². The van der Waals surface area contributed by atoms with E-state index in [-0.39, 0.29) is 5.91 Å². The van der Waals surface area contributed by atoms with Crippen LogP contribution in [0.4, 0.5) is 16.5 Å². The Hall–Kier alpha value is -3.55. The van der Waals surface area contributed by atoms with Crippen LogP contribution in [0.2, 0.25) is 0 Å². The lowest BCUT2D eigenvalue weighted by atomic mass is 10.0. The largest absolute Gasteiger partial charge is 0.331 e. The summed E-state index contributed by atoms with van der Waals surface area (Å²) in [5.41, 5.74) is 6.43. The molecule has 2 aromatic carbocycles. The van der Waals surface area contributed by atoms with E-state index in [1.807, 2.05) is 54.8 Å². The van der Waals surface area contributed by atoms with Gasteiger partial charge < -0.3 is 10.6 Å². The van der Waals surface area contributed by atoms with Crippen LogP contribution in [0.25, 0.3) is 11.3 Å². The average Bonchev–Trinajstić information content (AvgIpc) is 3.35. The molecule has 0 fully saturated rings. The maximum absolute atomic E-state index is 13.0. The maximum Gasteiger partial charge on any atom is 0.255 e.